The zero-order chi connectivity index (χ0) is 30.5. The number of esters is 2. The Morgan fingerprint density at radius 3 is 1.38 bits per heavy atom. The van der Waals surface area contributed by atoms with Gasteiger partial charge in [0.25, 0.3) is 0 Å². The van der Waals surface area contributed by atoms with Crippen LogP contribution in [0.2, 0.25) is 10.0 Å². The van der Waals surface area contributed by atoms with Gasteiger partial charge in [-0.15, -0.1) is 0 Å². The van der Waals surface area contributed by atoms with Crippen molar-refractivity contribution in [1.29, 1.82) is 0 Å². The van der Waals surface area contributed by atoms with Crippen molar-refractivity contribution in [2.75, 3.05) is 23.8 Å². The van der Waals surface area contributed by atoms with Gasteiger partial charge in [-0.3, -0.25) is 0 Å². The number of halogens is 2. The highest BCUT2D eigenvalue weighted by atomic mass is 35.5. The highest BCUT2D eigenvalue weighted by molar-refractivity contribution is 6.38. The number of carbonyl (C=O) groups excluding carboxylic acids is 4. The molecule has 3 rings (SSSR count). The van der Waals surface area contributed by atoms with Crippen LogP contribution in [0, 0.1) is 0 Å². The summed E-state index contributed by atoms with van der Waals surface area (Å²) in [6, 6.07) is 17.6. The van der Waals surface area contributed by atoms with E-state index in [-0.39, 0.29) is 47.5 Å². The first-order chi connectivity index (χ1) is 20.2. The van der Waals surface area contributed by atoms with Gasteiger partial charge in [-0.2, -0.15) is 0 Å². The van der Waals surface area contributed by atoms with E-state index < -0.39 is 36.1 Å². The fraction of sp³-hybridized carbons (Fsp3) is 0.267. The molecule has 0 radical (unpaired) electrons. The molecule has 4 N–H and O–H groups in total. The van der Waals surface area contributed by atoms with Crippen LogP contribution in [0.1, 0.15) is 25.0 Å². The quantitative estimate of drug-likeness (QED) is 0.197. The van der Waals surface area contributed by atoms with Gasteiger partial charge >= 0.3 is 24.0 Å². The van der Waals surface area contributed by atoms with Crippen molar-refractivity contribution < 1.29 is 28.7 Å². The molecule has 0 unspecified atom stereocenters. The Labute approximate surface area is 254 Å². The maximum Gasteiger partial charge on any atom is 0.329 e. The Balaban J connectivity index is 1.71. The Morgan fingerprint density at radius 1 is 0.643 bits per heavy atom. The molecule has 3 aromatic carbocycles. The summed E-state index contributed by atoms with van der Waals surface area (Å²) in [4.78, 5) is 50.8. The van der Waals surface area contributed by atoms with E-state index in [1.807, 2.05) is 60.7 Å². The number of carbonyl (C=O) groups is 4. The number of rotatable bonds is 12. The molecule has 0 aliphatic rings. The monoisotopic (exact) mass is 614 g/mol. The summed E-state index contributed by atoms with van der Waals surface area (Å²) in [5, 5.41) is 10.5. The third-order valence-corrected chi connectivity index (χ3v) is 6.50. The summed E-state index contributed by atoms with van der Waals surface area (Å²) in [5.74, 6) is -1.19. The van der Waals surface area contributed by atoms with Crippen LogP contribution in [0.5, 0.6) is 0 Å². The predicted molar refractivity (Wildman–Crippen MR) is 162 cm³/mol. The van der Waals surface area contributed by atoms with Crippen LogP contribution >= 0.6 is 23.2 Å². The van der Waals surface area contributed by atoms with Gasteiger partial charge in [0.2, 0.25) is 0 Å². The Bertz CT molecular complexity index is 1270. The van der Waals surface area contributed by atoms with Crippen molar-refractivity contribution >= 4 is 58.6 Å². The van der Waals surface area contributed by atoms with Crippen LogP contribution in [0.15, 0.2) is 72.8 Å². The van der Waals surface area contributed by atoms with Crippen molar-refractivity contribution in [1.82, 2.24) is 10.6 Å². The molecule has 0 aliphatic heterocycles. The minimum absolute atomic E-state index is 0.0883. The lowest BCUT2D eigenvalue weighted by Crippen LogP contribution is -2.45. The Morgan fingerprint density at radius 2 is 1.02 bits per heavy atom. The van der Waals surface area contributed by atoms with E-state index in [0.717, 1.165) is 11.1 Å². The molecular weight excluding hydrogens is 583 g/mol. The minimum atomic E-state index is -0.966. The van der Waals surface area contributed by atoms with E-state index in [2.05, 4.69) is 21.3 Å². The number of urea groups is 2. The van der Waals surface area contributed by atoms with E-state index in [0.29, 0.717) is 0 Å². The van der Waals surface area contributed by atoms with Gasteiger partial charge in [-0.05, 0) is 37.1 Å². The third-order valence-electron chi connectivity index (χ3n) is 5.87. The topological polar surface area (TPSA) is 135 Å². The summed E-state index contributed by atoms with van der Waals surface area (Å²) >= 11 is 12.6. The first kappa shape index (κ1) is 32.2. The largest absolute Gasteiger partial charge is 0.464 e. The summed E-state index contributed by atoms with van der Waals surface area (Å²) in [5.41, 5.74) is 1.88. The first-order valence-electron chi connectivity index (χ1n) is 13.2. The fourth-order valence-electron chi connectivity index (χ4n) is 3.95. The van der Waals surface area contributed by atoms with Crippen LogP contribution in [-0.4, -0.2) is 49.3 Å². The van der Waals surface area contributed by atoms with E-state index >= 15 is 0 Å². The van der Waals surface area contributed by atoms with E-state index in [1.165, 1.54) is 12.1 Å². The Kier molecular flexibility index (Phi) is 12.5. The van der Waals surface area contributed by atoms with Crippen molar-refractivity contribution in [2.24, 2.45) is 0 Å². The maximum atomic E-state index is 12.9. The van der Waals surface area contributed by atoms with Gasteiger partial charge < -0.3 is 30.7 Å². The first-order valence-corrected chi connectivity index (χ1v) is 14.0. The number of hydrogen-bond donors (Lipinski definition) is 4. The molecule has 42 heavy (non-hydrogen) atoms. The predicted octanol–water partition coefficient (Wildman–Crippen LogP) is 5.59. The van der Waals surface area contributed by atoms with Crippen molar-refractivity contribution in [3.63, 3.8) is 0 Å². The summed E-state index contributed by atoms with van der Waals surface area (Å²) in [6.07, 6.45) is 0.415. The molecule has 0 saturated carbocycles. The van der Waals surface area contributed by atoms with Crippen LogP contribution in [0.4, 0.5) is 21.0 Å². The third kappa shape index (κ3) is 9.97. The molecule has 12 heteroatoms. The molecule has 4 amide bonds. The molecular formula is C30H32Cl2N4O6. The van der Waals surface area contributed by atoms with E-state index in [4.69, 9.17) is 32.7 Å². The molecule has 3 aromatic rings. The van der Waals surface area contributed by atoms with Gasteiger partial charge in [0.05, 0.1) is 34.6 Å². The highest BCUT2D eigenvalue weighted by Gasteiger charge is 2.25. The molecule has 0 bridgehead atoms. The maximum absolute atomic E-state index is 12.9. The molecule has 0 aliphatic carbocycles. The SMILES string of the molecule is CCOC(=O)[C@H](Cc1ccccc1)NC(=O)Nc1cc(NC(=O)N[C@@H](Cc2ccccc2)C(=O)OCC)c(Cl)cc1Cl. The van der Waals surface area contributed by atoms with Crippen LogP contribution in [0.25, 0.3) is 0 Å². The normalized spacial score (nSPS) is 11.9. The Hall–Kier alpha value is -4.28. The lowest BCUT2D eigenvalue weighted by atomic mass is 10.1. The molecule has 0 fully saturated rings. The van der Waals surface area contributed by atoms with E-state index in [1.54, 1.807) is 13.8 Å². The fourth-order valence-corrected chi connectivity index (χ4v) is 4.42. The highest BCUT2D eigenvalue weighted by Crippen LogP contribution is 2.32. The molecule has 0 aromatic heterocycles. The zero-order valence-corrected chi connectivity index (χ0v) is 24.6. The molecule has 2 atom stereocenters. The van der Waals surface area contributed by atoms with Crippen molar-refractivity contribution in [2.45, 2.75) is 38.8 Å². The van der Waals surface area contributed by atoms with Crippen LogP contribution < -0.4 is 21.3 Å². The lowest BCUT2D eigenvalue weighted by Gasteiger charge is -2.20. The van der Waals surface area contributed by atoms with Gasteiger partial charge in [0.15, 0.2) is 0 Å². The number of ether oxygens (including phenoxy) is 2. The molecule has 0 spiro atoms. The van der Waals surface area contributed by atoms with Gasteiger partial charge in [-0.1, -0.05) is 83.9 Å². The second-order valence-electron chi connectivity index (χ2n) is 9.00. The minimum Gasteiger partial charge on any atom is -0.464 e. The number of benzene rings is 3. The lowest BCUT2D eigenvalue weighted by molar-refractivity contribution is -0.146. The van der Waals surface area contributed by atoms with Crippen molar-refractivity contribution in [3.05, 3.63) is 94.0 Å². The zero-order valence-electron chi connectivity index (χ0n) is 23.1. The van der Waals surface area contributed by atoms with Crippen LogP contribution in [0.3, 0.4) is 0 Å². The summed E-state index contributed by atoms with van der Waals surface area (Å²) in [6.45, 7) is 3.64. The number of nitrogens with one attached hydrogen (secondary N) is 4. The van der Waals surface area contributed by atoms with Gasteiger partial charge in [-0.25, -0.2) is 19.2 Å². The second-order valence-corrected chi connectivity index (χ2v) is 9.81. The molecule has 0 heterocycles. The molecule has 0 saturated heterocycles. The number of hydrogen-bond acceptors (Lipinski definition) is 6. The standard InChI is InChI=1S/C30H32Cl2N4O6/c1-3-41-27(37)25(15-19-11-7-5-8-12-19)35-29(39)33-23-18-24(22(32)17-21(23)31)34-30(40)36-26(28(38)42-4-2)16-20-13-9-6-10-14-20/h5-14,17-18,25-26H,3-4,15-16H2,1-2H3,(H2,33,35,39)(H2,34,36,40)/t25-,26-/m0/s1. The smallest absolute Gasteiger partial charge is 0.329 e. The van der Waals surface area contributed by atoms with Crippen LogP contribution in [-0.2, 0) is 31.9 Å². The second kappa shape index (κ2) is 16.2. The summed E-state index contributed by atoms with van der Waals surface area (Å²) in [7, 11) is 0. The number of anilines is 2. The summed E-state index contributed by atoms with van der Waals surface area (Å²) < 4.78 is 10.2. The average molecular weight is 616 g/mol. The molecule has 10 nitrogen and oxygen atoms in total. The average Bonchev–Trinajstić information content (AvgIpc) is 2.96. The number of amides is 4. The van der Waals surface area contributed by atoms with Gasteiger partial charge in [0.1, 0.15) is 12.1 Å². The van der Waals surface area contributed by atoms with Crippen molar-refractivity contribution in [3.8, 4) is 0 Å². The van der Waals surface area contributed by atoms with E-state index in [9.17, 15) is 19.2 Å². The molecule has 222 valence electrons. The van der Waals surface area contributed by atoms with Gasteiger partial charge in [0, 0.05) is 12.8 Å².